The Hall–Kier alpha value is -3.19. The number of ether oxygens (including phenoxy) is 1. The summed E-state index contributed by atoms with van der Waals surface area (Å²) in [6.45, 7) is 2.51. The van der Waals surface area contributed by atoms with Crippen LogP contribution in [0.1, 0.15) is 23.0 Å². The van der Waals surface area contributed by atoms with E-state index in [0.717, 1.165) is 16.3 Å². The molecule has 1 aromatic heterocycles. The van der Waals surface area contributed by atoms with Crippen LogP contribution in [0, 0.1) is 0 Å². The summed E-state index contributed by atoms with van der Waals surface area (Å²) in [6.07, 6.45) is 0.120. The van der Waals surface area contributed by atoms with Gasteiger partial charge in [-0.05, 0) is 31.2 Å². The minimum atomic E-state index is -0.251. The molecule has 3 rings (SSSR count). The lowest BCUT2D eigenvalue weighted by molar-refractivity contribution is -0.115. The molecule has 0 saturated heterocycles. The van der Waals surface area contributed by atoms with E-state index in [0.29, 0.717) is 23.6 Å². The van der Waals surface area contributed by atoms with Gasteiger partial charge >= 0.3 is 0 Å². The van der Waals surface area contributed by atoms with E-state index in [4.69, 9.17) is 4.74 Å². The van der Waals surface area contributed by atoms with Gasteiger partial charge in [0.15, 0.2) is 0 Å². The molecule has 3 aromatic rings. The third-order valence-electron chi connectivity index (χ3n) is 3.98. The number of carbonyl (C=O) groups excluding carboxylic acids is 2. The molecule has 0 aliphatic heterocycles. The van der Waals surface area contributed by atoms with Crippen molar-refractivity contribution in [1.29, 1.82) is 0 Å². The second-order valence-corrected chi connectivity index (χ2v) is 6.78. The van der Waals surface area contributed by atoms with Crippen LogP contribution in [-0.4, -0.2) is 30.5 Å². The van der Waals surface area contributed by atoms with Gasteiger partial charge in [0.1, 0.15) is 10.8 Å². The van der Waals surface area contributed by atoms with E-state index in [-0.39, 0.29) is 18.2 Å². The molecular formula is C21H21N3O3S. The lowest BCUT2D eigenvalue weighted by Crippen LogP contribution is -2.22. The summed E-state index contributed by atoms with van der Waals surface area (Å²) in [7, 11) is 1.55. The molecule has 0 aliphatic rings. The lowest BCUT2D eigenvalue weighted by atomic mass is 10.1. The number of aromatic nitrogens is 1. The van der Waals surface area contributed by atoms with E-state index in [1.165, 1.54) is 11.3 Å². The normalized spacial score (nSPS) is 10.4. The smallest absolute Gasteiger partial charge is 0.253 e. The molecule has 0 unspecified atom stereocenters. The molecule has 2 amide bonds. The van der Waals surface area contributed by atoms with Crippen molar-refractivity contribution in [3.63, 3.8) is 0 Å². The first-order valence-corrected chi connectivity index (χ1v) is 9.78. The fourth-order valence-electron chi connectivity index (χ4n) is 2.72. The molecule has 0 fully saturated rings. The average molecular weight is 395 g/mol. The van der Waals surface area contributed by atoms with Gasteiger partial charge < -0.3 is 15.4 Å². The number of anilines is 1. The first kappa shape index (κ1) is 19.6. The van der Waals surface area contributed by atoms with Crippen LogP contribution in [0.5, 0.6) is 5.75 Å². The molecule has 0 saturated carbocycles. The third kappa shape index (κ3) is 4.55. The molecule has 0 aliphatic carbocycles. The van der Waals surface area contributed by atoms with Gasteiger partial charge in [-0.3, -0.25) is 9.59 Å². The Labute approximate surface area is 167 Å². The molecule has 2 N–H and O–H groups in total. The molecule has 0 atom stereocenters. The highest BCUT2D eigenvalue weighted by molar-refractivity contribution is 7.13. The Bertz CT molecular complexity index is 984. The maximum absolute atomic E-state index is 12.5. The number of nitrogens with one attached hydrogen (secondary N) is 2. The molecule has 0 bridgehead atoms. The number of para-hydroxylation sites is 2. The van der Waals surface area contributed by atoms with Crippen molar-refractivity contribution in [2.75, 3.05) is 19.0 Å². The SMILES string of the molecule is CCOc1ccccc1-c1nc(CC(=O)Nc2ccccc2C(=O)NC)cs1. The predicted molar refractivity (Wildman–Crippen MR) is 111 cm³/mol. The Morgan fingerprint density at radius 1 is 1.11 bits per heavy atom. The van der Waals surface area contributed by atoms with Gasteiger partial charge in [0.2, 0.25) is 5.91 Å². The van der Waals surface area contributed by atoms with Crippen LogP contribution in [0.25, 0.3) is 10.6 Å². The molecule has 28 heavy (non-hydrogen) atoms. The maximum Gasteiger partial charge on any atom is 0.253 e. The van der Waals surface area contributed by atoms with E-state index in [1.807, 2.05) is 36.6 Å². The van der Waals surface area contributed by atoms with Crippen molar-refractivity contribution in [3.8, 4) is 16.3 Å². The summed E-state index contributed by atoms with van der Waals surface area (Å²) in [6, 6.07) is 14.6. The van der Waals surface area contributed by atoms with E-state index in [1.54, 1.807) is 31.3 Å². The molecular weight excluding hydrogens is 374 g/mol. The summed E-state index contributed by atoms with van der Waals surface area (Å²) in [5, 5.41) is 8.03. The molecule has 6 nitrogen and oxygen atoms in total. The molecule has 7 heteroatoms. The standard InChI is InChI=1S/C21H21N3O3S/c1-3-27-18-11-7-5-9-16(18)21-23-14(13-28-21)12-19(25)24-17-10-6-4-8-15(17)20(26)22-2/h4-11,13H,3,12H2,1-2H3,(H,22,26)(H,24,25). The van der Waals surface area contributed by atoms with Crippen molar-refractivity contribution in [2.24, 2.45) is 0 Å². The van der Waals surface area contributed by atoms with Crippen molar-refractivity contribution >= 4 is 28.8 Å². The van der Waals surface area contributed by atoms with Crippen LogP contribution in [-0.2, 0) is 11.2 Å². The van der Waals surface area contributed by atoms with Crippen LogP contribution in [0.3, 0.4) is 0 Å². The van der Waals surface area contributed by atoms with Crippen molar-refractivity contribution in [3.05, 3.63) is 65.2 Å². The van der Waals surface area contributed by atoms with Crippen LogP contribution in [0.2, 0.25) is 0 Å². The highest BCUT2D eigenvalue weighted by Gasteiger charge is 2.15. The number of hydrogen-bond donors (Lipinski definition) is 2. The van der Waals surface area contributed by atoms with Gasteiger partial charge in [0.25, 0.3) is 5.91 Å². The highest BCUT2D eigenvalue weighted by atomic mass is 32.1. The van der Waals surface area contributed by atoms with Crippen LogP contribution in [0.4, 0.5) is 5.69 Å². The predicted octanol–water partition coefficient (Wildman–Crippen LogP) is 3.75. The average Bonchev–Trinajstić information content (AvgIpc) is 3.16. The number of benzene rings is 2. The highest BCUT2D eigenvalue weighted by Crippen LogP contribution is 2.32. The van der Waals surface area contributed by atoms with Crippen molar-refractivity contribution in [2.45, 2.75) is 13.3 Å². The molecule has 2 aromatic carbocycles. The second kappa shape index (κ2) is 9.14. The fraction of sp³-hybridized carbons (Fsp3) is 0.190. The summed E-state index contributed by atoms with van der Waals surface area (Å²) >= 11 is 1.47. The van der Waals surface area contributed by atoms with Gasteiger partial charge in [-0.15, -0.1) is 11.3 Å². The van der Waals surface area contributed by atoms with E-state index >= 15 is 0 Å². The third-order valence-corrected chi connectivity index (χ3v) is 4.91. The maximum atomic E-state index is 12.5. The number of rotatable bonds is 7. The van der Waals surface area contributed by atoms with Gasteiger partial charge in [0, 0.05) is 12.4 Å². The Balaban J connectivity index is 1.73. The Kier molecular flexibility index (Phi) is 6.39. The molecule has 0 radical (unpaired) electrons. The van der Waals surface area contributed by atoms with Crippen LogP contribution < -0.4 is 15.4 Å². The molecule has 0 spiro atoms. The minimum absolute atomic E-state index is 0.120. The van der Waals surface area contributed by atoms with Crippen molar-refractivity contribution in [1.82, 2.24) is 10.3 Å². The minimum Gasteiger partial charge on any atom is -0.493 e. The lowest BCUT2D eigenvalue weighted by Gasteiger charge is -2.09. The fourth-order valence-corrected chi connectivity index (χ4v) is 3.57. The zero-order valence-corrected chi connectivity index (χ0v) is 16.5. The quantitative estimate of drug-likeness (QED) is 0.638. The molecule has 1 heterocycles. The zero-order chi connectivity index (χ0) is 19.9. The summed E-state index contributed by atoms with van der Waals surface area (Å²) in [5.41, 5.74) is 2.47. The van der Waals surface area contributed by atoms with Gasteiger partial charge in [-0.2, -0.15) is 0 Å². The van der Waals surface area contributed by atoms with Gasteiger partial charge in [-0.1, -0.05) is 24.3 Å². The van der Waals surface area contributed by atoms with E-state index < -0.39 is 0 Å². The first-order chi connectivity index (χ1) is 13.6. The number of carbonyl (C=O) groups is 2. The number of nitrogens with zero attached hydrogens (tertiary/aromatic N) is 1. The van der Waals surface area contributed by atoms with Gasteiger partial charge in [0.05, 0.1) is 35.5 Å². The van der Waals surface area contributed by atoms with Crippen molar-refractivity contribution < 1.29 is 14.3 Å². The van der Waals surface area contributed by atoms with E-state index in [2.05, 4.69) is 15.6 Å². The largest absolute Gasteiger partial charge is 0.493 e. The summed E-state index contributed by atoms with van der Waals surface area (Å²) < 4.78 is 5.66. The first-order valence-electron chi connectivity index (χ1n) is 8.90. The van der Waals surface area contributed by atoms with Crippen LogP contribution in [0.15, 0.2) is 53.9 Å². The Morgan fingerprint density at radius 2 is 1.86 bits per heavy atom. The van der Waals surface area contributed by atoms with Gasteiger partial charge in [-0.25, -0.2) is 4.98 Å². The monoisotopic (exact) mass is 395 g/mol. The summed E-state index contributed by atoms with van der Waals surface area (Å²) in [5.74, 6) is 0.292. The summed E-state index contributed by atoms with van der Waals surface area (Å²) in [4.78, 5) is 29.0. The topological polar surface area (TPSA) is 80.3 Å². The number of thiazole rings is 1. The number of hydrogen-bond acceptors (Lipinski definition) is 5. The molecule has 144 valence electrons. The van der Waals surface area contributed by atoms with E-state index in [9.17, 15) is 9.59 Å². The van der Waals surface area contributed by atoms with Crippen LogP contribution >= 0.6 is 11.3 Å². The zero-order valence-electron chi connectivity index (χ0n) is 15.7. The Morgan fingerprint density at radius 3 is 2.64 bits per heavy atom. The second-order valence-electron chi connectivity index (χ2n) is 5.92. The number of amides is 2.